The number of hydrogen-bond acceptors (Lipinski definition) is 3. The van der Waals surface area contributed by atoms with Gasteiger partial charge in [-0.3, -0.25) is 0 Å². The normalized spacial score (nSPS) is 14.7. The third-order valence-electron chi connectivity index (χ3n) is 2.93. The highest BCUT2D eigenvalue weighted by molar-refractivity contribution is 5.46. The van der Waals surface area contributed by atoms with Gasteiger partial charge in [0, 0.05) is 0 Å². The van der Waals surface area contributed by atoms with E-state index in [1.807, 2.05) is 19.1 Å². The standard InChI is InChI=1S/C14H21NO2/c1-2-16-13-5-3-4-12(8-9-15)14(13)17-10-11-6-7-11/h3-5,11H,2,6-10,15H2,1H3. The zero-order valence-corrected chi connectivity index (χ0v) is 10.4. The topological polar surface area (TPSA) is 44.5 Å². The van der Waals surface area contributed by atoms with Gasteiger partial charge < -0.3 is 15.2 Å². The molecule has 0 saturated heterocycles. The van der Waals surface area contributed by atoms with Crippen molar-refractivity contribution in [2.24, 2.45) is 11.7 Å². The molecule has 0 bridgehead atoms. The molecule has 0 spiro atoms. The van der Waals surface area contributed by atoms with Crippen LogP contribution in [0.4, 0.5) is 0 Å². The van der Waals surface area contributed by atoms with Gasteiger partial charge >= 0.3 is 0 Å². The Kier molecular flexibility index (Phi) is 4.26. The average molecular weight is 235 g/mol. The third kappa shape index (κ3) is 3.37. The van der Waals surface area contributed by atoms with Gasteiger partial charge in [0.2, 0.25) is 0 Å². The van der Waals surface area contributed by atoms with Crippen molar-refractivity contribution in [1.29, 1.82) is 0 Å². The molecule has 0 amide bonds. The van der Waals surface area contributed by atoms with Crippen molar-refractivity contribution in [2.45, 2.75) is 26.2 Å². The Morgan fingerprint density at radius 3 is 2.76 bits per heavy atom. The molecule has 1 fully saturated rings. The summed E-state index contributed by atoms with van der Waals surface area (Å²) in [5, 5.41) is 0. The summed E-state index contributed by atoms with van der Waals surface area (Å²) in [4.78, 5) is 0. The molecule has 1 aliphatic rings. The lowest BCUT2D eigenvalue weighted by Gasteiger charge is -2.15. The van der Waals surface area contributed by atoms with Gasteiger partial charge in [-0.2, -0.15) is 0 Å². The first-order valence-electron chi connectivity index (χ1n) is 6.42. The summed E-state index contributed by atoms with van der Waals surface area (Å²) in [5.41, 5.74) is 6.78. The largest absolute Gasteiger partial charge is 0.490 e. The first-order valence-corrected chi connectivity index (χ1v) is 6.42. The van der Waals surface area contributed by atoms with Crippen LogP contribution in [0.2, 0.25) is 0 Å². The lowest BCUT2D eigenvalue weighted by molar-refractivity contribution is 0.264. The van der Waals surface area contributed by atoms with E-state index in [2.05, 4.69) is 6.07 Å². The first-order chi connectivity index (χ1) is 8.35. The van der Waals surface area contributed by atoms with Crippen molar-refractivity contribution >= 4 is 0 Å². The fraction of sp³-hybridized carbons (Fsp3) is 0.571. The predicted octanol–water partition coefficient (Wildman–Crippen LogP) is 2.38. The molecule has 1 saturated carbocycles. The molecule has 1 aromatic carbocycles. The fourth-order valence-electron chi connectivity index (χ4n) is 1.83. The van der Waals surface area contributed by atoms with Crippen LogP contribution in [0.1, 0.15) is 25.3 Å². The van der Waals surface area contributed by atoms with Crippen LogP contribution in [0.15, 0.2) is 18.2 Å². The summed E-state index contributed by atoms with van der Waals surface area (Å²) in [6.07, 6.45) is 3.42. The zero-order valence-electron chi connectivity index (χ0n) is 10.4. The molecule has 1 aromatic rings. The van der Waals surface area contributed by atoms with E-state index in [0.29, 0.717) is 13.2 Å². The molecule has 3 nitrogen and oxygen atoms in total. The van der Waals surface area contributed by atoms with Crippen LogP contribution in [-0.2, 0) is 6.42 Å². The summed E-state index contributed by atoms with van der Waals surface area (Å²) in [6.45, 7) is 4.09. The van der Waals surface area contributed by atoms with Gasteiger partial charge in [0.05, 0.1) is 13.2 Å². The Morgan fingerprint density at radius 2 is 2.12 bits per heavy atom. The number of benzene rings is 1. The number of ether oxygens (including phenoxy) is 2. The molecule has 0 heterocycles. The highest BCUT2D eigenvalue weighted by atomic mass is 16.5. The van der Waals surface area contributed by atoms with E-state index in [0.717, 1.165) is 36.0 Å². The fourth-order valence-corrected chi connectivity index (χ4v) is 1.83. The molecular weight excluding hydrogens is 214 g/mol. The minimum absolute atomic E-state index is 0.634. The van der Waals surface area contributed by atoms with Crippen LogP contribution >= 0.6 is 0 Å². The molecule has 0 aromatic heterocycles. The minimum Gasteiger partial charge on any atom is -0.490 e. The van der Waals surface area contributed by atoms with E-state index in [4.69, 9.17) is 15.2 Å². The SMILES string of the molecule is CCOc1cccc(CCN)c1OCC1CC1. The molecule has 94 valence electrons. The van der Waals surface area contributed by atoms with Crippen LogP contribution in [0.25, 0.3) is 0 Å². The van der Waals surface area contributed by atoms with E-state index in [-0.39, 0.29) is 0 Å². The zero-order chi connectivity index (χ0) is 12.1. The van der Waals surface area contributed by atoms with Crippen molar-refractivity contribution in [3.05, 3.63) is 23.8 Å². The Bertz CT molecular complexity index is 337. The van der Waals surface area contributed by atoms with Crippen molar-refractivity contribution in [1.82, 2.24) is 0 Å². The minimum atomic E-state index is 0.634. The highest BCUT2D eigenvalue weighted by Crippen LogP contribution is 2.35. The second-order valence-electron chi connectivity index (χ2n) is 4.47. The third-order valence-corrected chi connectivity index (χ3v) is 2.93. The van der Waals surface area contributed by atoms with Crippen LogP contribution in [0.5, 0.6) is 11.5 Å². The van der Waals surface area contributed by atoms with Gasteiger partial charge in [0.25, 0.3) is 0 Å². The van der Waals surface area contributed by atoms with Gasteiger partial charge in [0.1, 0.15) is 0 Å². The van der Waals surface area contributed by atoms with Gasteiger partial charge in [0.15, 0.2) is 11.5 Å². The van der Waals surface area contributed by atoms with Crippen LogP contribution in [-0.4, -0.2) is 19.8 Å². The molecule has 2 rings (SSSR count). The second kappa shape index (κ2) is 5.92. The Morgan fingerprint density at radius 1 is 1.29 bits per heavy atom. The van der Waals surface area contributed by atoms with Crippen molar-refractivity contribution in [2.75, 3.05) is 19.8 Å². The van der Waals surface area contributed by atoms with E-state index in [9.17, 15) is 0 Å². The van der Waals surface area contributed by atoms with E-state index < -0.39 is 0 Å². The van der Waals surface area contributed by atoms with Crippen molar-refractivity contribution < 1.29 is 9.47 Å². The summed E-state index contributed by atoms with van der Waals surface area (Å²) in [5.74, 6) is 2.49. The maximum absolute atomic E-state index is 5.92. The number of nitrogens with two attached hydrogens (primary N) is 1. The summed E-state index contributed by atoms with van der Waals surface area (Å²) < 4.78 is 11.5. The summed E-state index contributed by atoms with van der Waals surface area (Å²) >= 11 is 0. The van der Waals surface area contributed by atoms with E-state index >= 15 is 0 Å². The van der Waals surface area contributed by atoms with Crippen molar-refractivity contribution in [3.63, 3.8) is 0 Å². The number of rotatable bonds is 7. The predicted molar refractivity (Wildman–Crippen MR) is 68.6 cm³/mol. The van der Waals surface area contributed by atoms with Gasteiger partial charge in [-0.15, -0.1) is 0 Å². The van der Waals surface area contributed by atoms with Gasteiger partial charge in [-0.25, -0.2) is 0 Å². The van der Waals surface area contributed by atoms with E-state index in [1.165, 1.54) is 12.8 Å². The van der Waals surface area contributed by atoms with E-state index in [1.54, 1.807) is 0 Å². The molecule has 17 heavy (non-hydrogen) atoms. The van der Waals surface area contributed by atoms with Gasteiger partial charge in [-0.05, 0) is 50.3 Å². The van der Waals surface area contributed by atoms with Crippen LogP contribution in [0.3, 0.4) is 0 Å². The average Bonchev–Trinajstić information content (AvgIpc) is 3.13. The molecule has 0 atom stereocenters. The molecule has 0 aliphatic heterocycles. The number of hydrogen-bond donors (Lipinski definition) is 1. The number of para-hydroxylation sites is 1. The molecule has 2 N–H and O–H groups in total. The maximum atomic E-state index is 5.92. The van der Waals surface area contributed by atoms with Gasteiger partial charge in [-0.1, -0.05) is 12.1 Å². The van der Waals surface area contributed by atoms with Crippen molar-refractivity contribution in [3.8, 4) is 11.5 Å². The first kappa shape index (κ1) is 12.2. The van der Waals surface area contributed by atoms with Crippen LogP contribution in [0, 0.1) is 5.92 Å². The molecule has 0 radical (unpaired) electrons. The highest BCUT2D eigenvalue weighted by Gasteiger charge is 2.23. The second-order valence-corrected chi connectivity index (χ2v) is 4.47. The van der Waals surface area contributed by atoms with Crippen LogP contribution < -0.4 is 15.2 Å². The maximum Gasteiger partial charge on any atom is 0.164 e. The summed E-state index contributed by atoms with van der Waals surface area (Å²) in [6, 6.07) is 6.03. The molecular formula is C14H21NO2. The monoisotopic (exact) mass is 235 g/mol. The smallest absolute Gasteiger partial charge is 0.164 e. The lowest BCUT2D eigenvalue weighted by atomic mass is 10.1. The lowest BCUT2D eigenvalue weighted by Crippen LogP contribution is -2.08. The summed E-state index contributed by atoms with van der Waals surface area (Å²) in [7, 11) is 0. The molecule has 3 heteroatoms. The Labute approximate surface area is 103 Å². The Hall–Kier alpha value is -1.22. The Balaban J connectivity index is 2.13. The quantitative estimate of drug-likeness (QED) is 0.789. The molecule has 0 unspecified atom stereocenters. The molecule has 1 aliphatic carbocycles.